The number of ether oxygens (including phenoxy) is 1. The Morgan fingerprint density at radius 1 is 1.28 bits per heavy atom. The van der Waals surface area contributed by atoms with Crippen LogP contribution in [0.3, 0.4) is 0 Å². The topological polar surface area (TPSA) is 63.8 Å². The van der Waals surface area contributed by atoms with Crippen molar-refractivity contribution in [1.29, 1.82) is 0 Å². The number of carbonyl (C=O) groups excluding carboxylic acids is 1. The van der Waals surface area contributed by atoms with Crippen LogP contribution in [0.2, 0.25) is 0 Å². The van der Waals surface area contributed by atoms with E-state index in [-0.39, 0.29) is 18.3 Å². The second-order valence-corrected chi connectivity index (χ2v) is 7.79. The number of halogens is 1. The first-order valence-corrected chi connectivity index (χ1v) is 10.2. The molecule has 0 fully saturated rings. The fourth-order valence-electron chi connectivity index (χ4n) is 2.77. The summed E-state index contributed by atoms with van der Waals surface area (Å²) in [6, 6.07) is 14.3. The highest BCUT2D eigenvalue weighted by atomic mass is 32.1. The number of benzene rings is 2. The number of aromatic hydroxyl groups is 1. The molecule has 1 heterocycles. The van der Waals surface area contributed by atoms with Gasteiger partial charge in [-0.05, 0) is 49.0 Å². The first kappa shape index (κ1) is 20.9. The first-order valence-electron chi connectivity index (χ1n) is 8.94. The molecule has 3 aromatic rings. The van der Waals surface area contributed by atoms with Gasteiger partial charge in [0.2, 0.25) is 5.88 Å². The molecule has 8 heteroatoms. The minimum atomic E-state index is -0.797. The maximum Gasteiger partial charge on any atom is 0.329 e. The molecule has 1 aromatic heterocycles. The van der Waals surface area contributed by atoms with Crippen molar-refractivity contribution in [3.05, 3.63) is 74.8 Å². The zero-order valence-electron chi connectivity index (χ0n) is 15.6. The van der Waals surface area contributed by atoms with E-state index in [0.29, 0.717) is 20.9 Å². The van der Waals surface area contributed by atoms with Crippen LogP contribution in [-0.4, -0.2) is 28.5 Å². The Labute approximate surface area is 176 Å². The lowest BCUT2D eigenvalue weighted by Gasteiger charge is -2.18. The predicted molar refractivity (Wildman–Crippen MR) is 114 cm³/mol. The molecule has 2 aromatic carbocycles. The number of hydrogen-bond donors (Lipinski definition) is 1. The van der Waals surface area contributed by atoms with Crippen LogP contribution >= 0.6 is 23.6 Å². The van der Waals surface area contributed by atoms with E-state index in [9.17, 15) is 14.3 Å². The normalized spacial score (nSPS) is 12.2. The van der Waals surface area contributed by atoms with Gasteiger partial charge in [-0.1, -0.05) is 41.7 Å². The number of thiazole rings is 1. The number of hydrogen-bond acceptors (Lipinski definition) is 6. The fraction of sp³-hybridized carbons (Fsp3) is 0.190. The molecule has 0 saturated heterocycles. The van der Waals surface area contributed by atoms with Crippen molar-refractivity contribution in [3.63, 3.8) is 0 Å². The van der Waals surface area contributed by atoms with Crippen molar-refractivity contribution < 1.29 is 19.0 Å². The quantitative estimate of drug-likeness (QED) is 0.317. The smallest absolute Gasteiger partial charge is 0.329 e. The summed E-state index contributed by atoms with van der Waals surface area (Å²) < 4.78 is 20.0. The third-order valence-electron chi connectivity index (χ3n) is 4.14. The monoisotopic (exact) mass is 430 g/mol. The molecular formula is C21H19FN2O3S2. The molecule has 0 aliphatic heterocycles. The van der Waals surface area contributed by atoms with E-state index in [1.807, 2.05) is 30.3 Å². The average Bonchev–Trinajstić information content (AvgIpc) is 3.00. The molecule has 5 nitrogen and oxygen atoms in total. The molecule has 0 aliphatic rings. The third kappa shape index (κ3) is 5.16. The summed E-state index contributed by atoms with van der Waals surface area (Å²) in [6.45, 7) is 1.95. The van der Waals surface area contributed by atoms with Gasteiger partial charge in [-0.2, -0.15) is 0 Å². The lowest BCUT2D eigenvalue weighted by atomic mass is 10.1. The Kier molecular flexibility index (Phi) is 6.90. The van der Waals surface area contributed by atoms with Crippen LogP contribution in [0, 0.1) is 9.77 Å². The van der Waals surface area contributed by atoms with E-state index in [4.69, 9.17) is 17.0 Å². The van der Waals surface area contributed by atoms with Crippen molar-refractivity contribution in [2.45, 2.75) is 19.4 Å². The number of rotatable bonds is 7. The maximum absolute atomic E-state index is 13.0. The summed E-state index contributed by atoms with van der Waals surface area (Å²) in [4.78, 5) is 17.3. The zero-order valence-corrected chi connectivity index (χ0v) is 17.3. The van der Waals surface area contributed by atoms with Gasteiger partial charge in [-0.25, -0.2) is 9.18 Å². The standard InChI is InChI=1S/C21H19FN2O3S2/c1-2-27-20(26)17(12-14-6-4-3-5-7-14)24-19(25)18(29-21(24)28)13-23-16-10-8-15(22)9-11-16/h3-11,13,17,25H,2,12H2,1H3/t17-/m1/s1. The highest BCUT2D eigenvalue weighted by molar-refractivity contribution is 7.73. The van der Waals surface area contributed by atoms with Crippen molar-refractivity contribution >= 4 is 41.4 Å². The number of nitrogens with zero attached hydrogens (tertiary/aromatic N) is 2. The lowest BCUT2D eigenvalue weighted by Crippen LogP contribution is -2.24. The van der Waals surface area contributed by atoms with E-state index in [1.54, 1.807) is 6.92 Å². The van der Waals surface area contributed by atoms with Gasteiger partial charge in [0.25, 0.3) is 0 Å². The number of esters is 1. The Morgan fingerprint density at radius 2 is 1.97 bits per heavy atom. The molecule has 1 N–H and O–H groups in total. The maximum atomic E-state index is 13.0. The fourth-order valence-corrected chi connectivity index (χ4v) is 4.05. The largest absolute Gasteiger partial charge is 0.493 e. The lowest BCUT2D eigenvalue weighted by molar-refractivity contribution is -0.147. The summed E-state index contributed by atoms with van der Waals surface area (Å²) >= 11 is 6.54. The average molecular weight is 431 g/mol. The van der Waals surface area contributed by atoms with Crippen LogP contribution in [0.4, 0.5) is 10.1 Å². The molecule has 150 valence electrons. The Hall–Kier alpha value is -2.84. The molecule has 3 rings (SSSR count). The Morgan fingerprint density at radius 3 is 2.62 bits per heavy atom. The molecule has 0 saturated carbocycles. The van der Waals surface area contributed by atoms with Crippen LogP contribution in [0.25, 0.3) is 0 Å². The number of aliphatic imine (C=N–C) groups is 1. The molecule has 29 heavy (non-hydrogen) atoms. The van der Waals surface area contributed by atoms with Crippen LogP contribution in [0.15, 0.2) is 59.6 Å². The van der Waals surface area contributed by atoms with Crippen LogP contribution in [0.1, 0.15) is 23.4 Å². The third-order valence-corrected chi connectivity index (χ3v) is 5.47. The molecule has 0 unspecified atom stereocenters. The predicted octanol–water partition coefficient (Wildman–Crippen LogP) is 5.22. The van der Waals surface area contributed by atoms with Gasteiger partial charge in [0.05, 0.1) is 18.5 Å². The molecule has 0 bridgehead atoms. The summed E-state index contributed by atoms with van der Waals surface area (Å²) in [5, 5.41) is 10.7. The highest BCUT2D eigenvalue weighted by Gasteiger charge is 2.27. The number of aromatic nitrogens is 1. The molecule has 0 aliphatic carbocycles. The summed E-state index contributed by atoms with van der Waals surface area (Å²) in [6.07, 6.45) is 1.77. The molecule has 0 spiro atoms. The van der Waals surface area contributed by atoms with Gasteiger partial charge in [-0.3, -0.25) is 9.56 Å². The highest BCUT2D eigenvalue weighted by Crippen LogP contribution is 2.31. The van der Waals surface area contributed by atoms with E-state index >= 15 is 0 Å². The van der Waals surface area contributed by atoms with Gasteiger partial charge in [-0.15, -0.1) is 0 Å². The SMILES string of the molecule is CCOC(=O)[C@@H](Cc1ccccc1)n1c(O)c(C=Nc2ccc(F)cc2)sc1=S. The van der Waals surface area contributed by atoms with E-state index in [2.05, 4.69) is 4.99 Å². The first-order chi connectivity index (χ1) is 14.0. The van der Waals surface area contributed by atoms with Crippen molar-refractivity contribution in [2.24, 2.45) is 4.99 Å². The van der Waals surface area contributed by atoms with Gasteiger partial charge in [0.1, 0.15) is 16.7 Å². The van der Waals surface area contributed by atoms with Crippen LogP contribution in [0.5, 0.6) is 5.88 Å². The van der Waals surface area contributed by atoms with Crippen molar-refractivity contribution in [2.75, 3.05) is 6.61 Å². The Bertz CT molecular complexity index is 1060. The second-order valence-electron chi connectivity index (χ2n) is 6.12. The molecular weight excluding hydrogens is 411 g/mol. The zero-order chi connectivity index (χ0) is 20.8. The van der Waals surface area contributed by atoms with Crippen LogP contribution in [-0.2, 0) is 16.0 Å². The van der Waals surface area contributed by atoms with Gasteiger partial charge in [0.15, 0.2) is 3.95 Å². The van der Waals surface area contributed by atoms with Gasteiger partial charge >= 0.3 is 5.97 Å². The second kappa shape index (κ2) is 9.58. The van der Waals surface area contributed by atoms with Crippen molar-refractivity contribution in [1.82, 2.24) is 4.57 Å². The Balaban J connectivity index is 1.94. The van der Waals surface area contributed by atoms with Crippen LogP contribution < -0.4 is 0 Å². The summed E-state index contributed by atoms with van der Waals surface area (Å²) in [5.74, 6) is -0.978. The van der Waals surface area contributed by atoms with E-state index in [1.165, 1.54) is 35.0 Å². The number of carbonyl (C=O) groups is 1. The molecule has 1 atom stereocenters. The minimum Gasteiger partial charge on any atom is -0.493 e. The molecule has 0 amide bonds. The van der Waals surface area contributed by atoms with Gasteiger partial charge < -0.3 is 9.84 Å². The van der Waals surface area contributed by atoms with Gasteiger partial charge in [0, 0.05) is 6.42 Å². The summed E-state index contributed by atoms with van der Waals surface area (Å²) in [7, 11) is 0. The minimum absolute atomic E-state index is 0.153. The van der Waals surface area contributed by atoms with E-state index < -0.39 is 12.0 Å². The van der Waals surface area contributed by atoms with Crippen molar-refractivity contribution in [3.8, 4) is 5.88 Å². The van der Waals surface area contributed by atoms with E-state index in [0.717, 1.165) is 16.9 Å². The summed E-state index contributed by atoms with van der Waals surface area (Å²) in [5.41, 5.74) is 1.45. The molecule has 0 radical (unpaired) electrons.